The minimum absolute atomic E-state index is 0.0374. The molecule has 2 nitrogen and oxygen atoms in total. The minimum atomic E-state index is -2.95. The number of rotatable bonds is 4. The van der Waals surface area contributed by atoms with E-state index in [0.29, 0.717) is 17.6 Å². The summed E-state index contributed by atoms with van der Waals surface area (Å²) >= 11 is 0. The van der Waals surface area contributed by atoms with Crippen LogP contribution in [0.3, 0.4) is 0 Å². The Bertz CT molecular complexity index is 823. The predicted octanol–water partition coefficient (Wildman–Crippen LogP) is 4.83. The fraction of sp³-hybridized carbons (Fsp3) is 0.222. The Hall–Kier alpha value is -2.22. The van der Waals surface area contributed by atoms with Crippen molar-refractivity contribution in [1.82, 2.24) is 0 Å². The maximum absolute atomic E-state index is 9.56. The minimum Gasteiger partial charge on any atom is -0.508 e. The molecule has 0 aliphatic carbocycles. The second-order valence-electron chi connectivity index (χ2n) is 4.34. The lowest BCUT2D eigenvalue weighted by Gasteiger charge is -2.14. The van der Waals surface area contributed by atoms with Crippen LogP contribution in [-0.4, -0.2) is 10.2 Å². The largest absolute Gasteiger partial charge is 0.508 e. The summed E-state index contributed by atoms with van der Waals surface area (Å²) in [5.74, 6) is -0.120. The quantitative estimate of drug-likeness (QED) is 0.784. The monoisotopic (exact) mass is 274 g/mol. The fourth-order valence-corrected chi connectivity index (χ4v) is 2.07. The van der Waals surface area contributed by atoms with E-state index in [4.69, 9.17) is 8.22 Å². The molecule has 104 valence electrons. The molecule has 0 aliphatic heterocycles. The molecular formula is C18H20O2. The third-order valence-electron chi connectivity index (χ3n) is 3.06. The lowest BCUT2D eigenvalue weighted by molar-refractivity contribution is 0.474. The van der Waals surface area contributed by atoms with Crippen molar-refractivity contribution in [2.45, 2.75) is 26.6 Å². The number of benzene rings is 2. The second-order valence-corrected chi connectivity index (χ2v) is 4.34. The summed E-state index contributed by atoms with van der Waals surface area (Å²) < 4.78 is 47.7. The van der Waals surface area contributed by atoms with Gasteiger partial charge in [-0.05, 0) is 59.3 Å². The number of allylic oxidation sites excluding steroid dienone is 2. The first-order valence-electron chi connectivity index (χ1n) is 9.32. The van der Waals surface area contributed by atoms with Crippen molar-refractivity contribution in [1.29, 1.82) is 0 Å². The molecule has 0 heterocycles. The molecule has 0 amide bonds. The molecular weight excluding hydrogens is 248 g/mol. The van der Waals surface area contributed by atoms with Gasteiger partial charge >= 0.3 is 0 Å². The molecule has 0 saturated carbocycles. The molecule has 2 rings (SSSR count). The van der Waals surface area contributed by atoms with Crippen molar-refractivity contribution >= 4 is 11.1 Å². The van der Waals surface area contributed by atoms with Crippen LogP contribution in [-0.2, 0) is 0 Å². The standard InChI is InChI=1S/C18H20O2/c1-3-17(13-5-9-15(19)10-6-13)18(4-2)14-7-11-16(20)12-8-14/h5-12,19-20H,3-4H2,1-2H3/b18-17+/i1D3,3D2,5D. The number of aromatic hydroxyl groups is 2. The predicted molar refractivity (Wildman–Crippen MR) is 83.6 cm³/mol. The topological polar surface area (TPSA) is 40.5 Å². The van der Waals surface area contributed by atoms with Gasteiger partial charge < -0.3 is 10.2 Å². The van der Waals surface area contributed by atoms with Crippen LogP contribution in [0.15, 0.2) is 48.5 Å². The lowest BCUT2D eigenvalue weighted by Crippen LogP contribution is -1.91. The summed E-state index contributed by atoms with van der Waals surface area (Å²) in [5.41, 5.74) is 0.968. The van der Waals surface area contributed by atoms with E-state index in [1.807, 2.05) is 0 Å². The van der Waals surface area contributed by atoms with Crippen LogP contribution in [0.5, 0.6) is 11.5 Å². The van der Waals surface area contributed by atoms with E-state index in [-0.39, 0.29) is 28.7 Å². The van der Waals surface area contributed by atoms with Gasteiger partial charge in [-0.25, -0.2) is 0 Å². The summed E-state index contributed by atoms with van der Waals surface area (Å²) in [4.78, 5) is 0. The maximum atomic E-state index is 9.56. The molecule has 0 fully saturated rings. The van der Waals surface area contributed by atoms with Gasteiger partial charge in [-0.2, -0.15) is 0 Å². The van der Waals surface area contributed by atoms with Crippen molar-refractivity contribution in [3.8, 4) is 11.5 Å². The van der Waals surface area contributed by atoms with Gasteiger partial charge in [-0.15, -0.1) is 0 Å². The first kappa shape index (κ1) is 8.15. The SMILES string of the molecule is [2H]c1cc(O)ccc1/C(=C(\CC)c1ccc(O)cc1)C([2H])([2H])C([2H])([2H])[2H]. The molecule has 0 atom stereocenters. The van der Waals surface area contributed by atoms with Gasteiger partial charge in [-0.3, -0.25) is 0 Å². The molecule has 0 spiro atoms. The van der Waals surface area contributed by atoms with Crippen LogP contribution in [0, 0.1) is 0 Å². The highest BCUT2D eigenvalue weighted by atomic mass is 16.3. The average Bonchev–Trinajstić information content (AvgIpc) is 2.53. The Morgan fingerprint density at radius 2 is 1.60 bits per heavy atom. The van der Waals surface area contributed by atoms with Gasteiger partial charge in [-0.1, -0.05) is 38.0 Å². The number of hydrogen-bond donors (Lipinski definition) is 2. The Kier molecular flexibility index (Phi) is 2.56. The zero-order valence-electron chi connectivity index (χ0n) is 17.1. The molecule has 20 heavy (non-hydrogen) atoms. The first-order chi connectivity index (χ1) is 12.0. The highest BCUT2D eigenvalue weighted by Crippen LogP contribution is 2.32. The number of phenols is 2. The lowest BCUT2D eigenvalue weighted by atomic mass is 9.91. The van der Waals surface area contributed by atoms with E-state index in [1.165, 1.54) is 24.3 Å². The van der Waals surface area contributed by atoms with Crippen LogP contribution >= 0.6 is 0 Å². The Morgan fingerprint density at radius 3 is 2.15 bits per heavy atom. The van der Waals surface area contributed by atoms with Crippen LogP contribution < -0.4 is 0 Å². The highest BCUT2D eigenvalue weighted by molar-refractivity contribution is 5.90. The molecule has 2 aromatic carbocycles. The molecule has 0 aliphatic rings. The third kappa shape index (κ3) is 3.02. The fourth-order valence-electron chi connectivity index (χ4n) is 2.07. The smallest absolute Gasteiger partial charge is 0.115 e. The van der Waals surface area contributed by atoms with E-state index in [2.05, 4.69) is 0 Å². The van der Waals surface area contributed by atoms with Crippen molar-refractivity contribution < 1.29 is 18.4 Å². The van der Waals surface area contributed by atoms with Crippen LogP contribution in [0.2, 0.25) is 0 Å². The molecule has 0 saturated heterocycles. The molecule has 0 bridgehead atoms. The van der Waals surface area contributed by atoms with Gasteiger partial charge in [0.25, 0.3) is 0 Å². The first-order valence-corrected chi connectivity index (χ1v) is 6.32. The summed E-state index contributed by atoms with van der Waals surface area (Å²) in [7, 11) is 0. The average molecular weight is 274 g/mol. The van der Waals surface area contributed by atoms with E-state index < -0.39 is 13.2 Å². The van der Waals surface area contributed by atoms with E-state index >= 15 is 0 Å². The summed E-state index contributed by atoms with van der Waals surface area (Å²) in [6, 6.07) is 9.66. The van der Waals surface area contributed by atoms with Crippen LogP contribution in [0.4, 0.5) is 0 Å². The van der Waals surface area contributed by atoms with Gasteiger partial charge in [0.1, 0.15) is 11.5 Å². The molecule has 0 radical (unpaired) electrons. The summed E-state index contributed by atoms with van der Waals surface area (Å²) in [6.45, 7) is -1.19. The summed E-state index contributed by atoms with van der Waals surface area (Å²) in [6.07, 6.45) is -2.40. The van der Waals surface area contributed by atoms with E-state index in [0.717, 1.165) is 6.07 Å². The second kappa shape index (κ2) is 6.29. The normalized spacial score (nSPS) is 17.9. The van der Waals surface area contributed by atoms with Crippen molar-refractivity contribution in [3.05, 3.63) is 59.6 Å². The highest BCUT2D eigenvalue weighted by Gasteiger charge is 2.09. The number of hydrogen-bond acceptors (Lipinski definition) is 2. The van der Waals surface area contributed by atoms with Gasteiger partial charge in [0.05, 0.1) is 1.37 Å². The number of phenolic OH excluding ortho intramolecular Hbond substituents is 2. The van der Waals surface area contributed by atoms with Gasteiger partial charge in [0.15, 0.2) is 0 Å². The van der Waals surface area contributed by atoms with Crippen LogP contribution in [0.1, 0.15) is 45.9 Å². The zero-order valence-corrected chi connectivity index (χ0v) is 11.1. The Balaban J connectivity index is 2.88. The van der Waals surface area contributed by atoms with Crippen molar-refractivity contribution in [2.75, 3.05) is 0 Å². The maximum Gasteiger partial charge on any atom is 0.115 e. The molecule has 0 aromatic heterocycles. The Labute approximate surface area is 128 Å². The van der Waals surface area contributed by atoms with E-state index in [1.54, 1.807) is 19.1 Å². The Morgan fingerprint density at radius 1 is 1.00 bits per heavy atom. The van der Waals surface area contributed by atoms with Gasteiger partial charge in [0, 0.05) is 6.85 Å². The molecule has 0 unspecified atom stereocenters. The molecule has 2 aromatic rings. The molecule has 2 N–H and O–H groups in total. The summed E-state index contributed by atoms with van der Waals surface area (Å²) in [5, 5.41) is 19.0. The van der Waals surface area contributed by atoms with E-state index in [9.17, 15) is 10.2 Å². The van der Waals surface area contributed by atoms with Crippen molar-refractivity contribution in [3.63, 3.8) is 0 Å². The third-order valence-corrected chi connectivity index (χ3v) is 3.06. The molecule has 2 heteroatoms. The van der Waals surface area contributed by atoms with Crippen molar-refractivity contribution in [2.24, 2.45) is 0 Å². The zero-order chi connectivity index (χ0) is 19.7. The van der Waals surface area contributed by atoms with Crippen LogP contribution in [0.25, 0.3) is 11.1 Å². The van der Waals surface area contributed by atoms with Gasteiger partial charge in [0.2, 0.25) is 0 Å².